The second-order valence-corrected chi connectivity index (χ2v) is 6.44. The summed E-state index contributed by atoms with van der Waals surface area (Å²) in [5, 5.41) is 0. The first-order chi connectivity index (χ1) is 9.86. The van der Waals surface area contributed by atoms with E-state index >= 15 is 0 Å². The molecule has 1 saturated carbocycles. The summed E-state index contributed by atoms with van der Waals surface area (Å²) in [6.07, 6.45) is 2.88. The molecule has 1 aliphatic carbocycles. The van der Waals surface area contributed by atoms with Crippen molar-refractivity contribution < 1.29 is 23.8 Å². The van der Waals surface area contributed by atoms with Crippen molar-refractivity contribution in [3.8, 4) is 0 Å². The van der Waals surface area contributed by atoms with Gasteiger partial charge in [-0.15, -0.1) is 0 Å². The van der Waals surface area contributed by atoms with E-state index in [-0.39, 0.29) is 6.10 Å². The molecular weight excluding hydrogens is 272 g/mol. The molecule has 21 heavy (non-hydrogen) atoms. The Bertz CT molecular complexity index is 440. The molecule has 0 aromatic carbocycles. The van der Waals surface area contributed by atoms with Gasteiger partial charge in [0.25, 0.3) is 0 Å². The lowest BCUT2D eigenvalue weighted by Gasteiger charge is -2.37. The maximum atomic E-state index is 12.2. The highest BCUT2D eigenvalue weighted by atomic mass is 16.7. The van der Waals surface area contributed by atoms with Crippen LogP contribution in [0.5, 0.6) is 0 Å². The summed E-state index contributed by atoms with van der Waals surface area (Å²) in [7, 11) is 0. The molecule has 0 saturated heterocycles. The van der Waals surface area contributed by atoms with Crippen LogP contribution in [0.4, 0.5) is 0 Å². The molecule has 5 nitrogen and oxygen atoms in total. The topological polar surface area (TPSA) is 61.8 Å². The largest absolute Gasteiger partial charge is 0.457 e. The third kappa shape index (κ3) is 3.99. The van der Waals surface area contributed by atoms with Crippen molar-refractivity contribution in [3.05, 3.63) is 11.8 Å². The molecule has 118 valence electrons. The van der Waals surface area contributed by atoms with Crippen LogP contribution < -0.4 is 0 Å². The quantitative estimate of drug-likeness (QED) is 0.749. The number of carbonyl (C=O) groups is 2. The van der Waals surface area contributed by atoms with Gasteiger partial charge in [-0.3, -0.25) is 0 Å². The number of hydrogen-bond acceptors (Lipinski definition) is 5. The van der Waals surface area contributed by atoms with E-state index in [2.05, 4.69) is 20.8 Å². The van der Waals surface area contributed by atoms with E-state index in [1.807, 2.05) is 0 Å². The summed E-state index contributed by atoms with van der Waals surface area (Å²) in [6, 6.07) is 0. The molecule has 0 amide bonds. The summed E-state index contributed by atoms with van der Waals surface area (Å²) in [6.45, 7) is 8.07. The second kappa shape index (κ2) is 6.50. The number of ether oxygens (including phenoxy) is 3. The Hall–Kier alpha value is -1.52. The average molecular weight is 296 g/mol. The minimum Gasteiger partial charge on any atom is -0.457 e. The summed E-state index contributed by atoms with van der Waals surface area (Å²) >= 11 is 0. The lowest BCUT2D eigenvalue weighted by Crippen LogP contribution is -2.41. The van der Waals surface area contributed by atoms with Crippen LogP contribution in [-0.2, 0) is 23.8 Å². The van der Waals surface area contributed by atoms with Gasteiger partial charge in [0.15, 0.2) is 0 Å². The van der Waals surface area contributed by atoms with Gasteiger partial charge in [0, 0.05) is 0 Å². The fourth-order valence-electron chi connectivity index (χ4n) is 3.08. The highest BCUT2D eigenvalue weighted by molar-refractivity contribution is 5.86. The Morgan fingerprint density at radius 1 is 1.33 bits per heavy atom. The zero-order valence-corrected chi connectivity index (χ0v) is 13.1. The Morgan fingerprint density at radius 3 is 2.67 bits per heavy atom. The third-order valence-corrected chi connectivity index (χ3v) is 4.26. The zero-order chi connectivity index (χ0) is 15.6. The number of carbonyl (C=O) groups excluding carboxylic acids is 2. The van der Waals surface area contributed by atoms with Crippen LogP contribution in [0.15, 0.2) is 11.8 Å². The van der Waals surface area contributed by atoms with Crippen molar-refractivity contribution in [1.82, 2.24) is 0 Å². The average Bonchev–Trinajstić information content (AvgIpc) is 2.37. The molecule has 4 atom stereocenters. The van der Waals surface area contributed by atoms with E-state index in [9.17, 15) is 9.59 Å². The molecule has 1 fully saturated rings. The lowest BCUT2D eigenvalue weighted by atomic mass is 9.75. The van der Waals surface area contributed by atoms with Crippen molar-refractivity contribution in [3.63, 3.8) is 0 Å². The molecule has 5 heteroatoms. The van der Waals surface area contributed by atoms with Crippen LogP contribution in [0, 0.1) is 17.8 Å². The Morgan fingerprint density at radius 2 is 2.05 bits per heavy atom. The summed E-state index contributed by atoms with van der Waals surface area (Å²) in [5.41, 5.74) is 0. The van der Waals surface area contributed by atoms with E-state index in [0.29, 0.717) is 23.5 Å². The van der Waals surface area contributed by atoms with Gasteiger partial charge in [0.2, 0.25) is 0 Å². The fourth-order valence-corrected chi connectivity index (χ4v) is 3.08. The predicted octanol–water partition coefficient (Wildman–Crippen LogP) is 2.79. The molecule has 2 rings (SSSR count). The van der Waals surface area contributed by atoms with Gasteiger partial charge in [-0.1, -0.05) is 27.2 Å². The number of hydrogen-bond donors (Lipinski definition) is 0. The highest BCUT2D eigenvalue weighted by Gasteiger charge is 2.37. The van der Waals surface area contributed by atoms with E-state index in [0.717, 1.165) is 19.3 Å². The number of cyclic esters (lactones) is 1. The van der Waals surface area contributed by atoms with E-state index in [1.165, 1.54) is 6.08 Å². The molecule has 2 aliphatic rings. The van der Waals surface area contributed by atoms with Gasteiger partial charge in [-0.2, -0.15) is 0 Å². The molecule has 3 unspecified atom stereocenters. The molecule has 1 aliphatic heterocycles. The molecule has 0 bridgehead atoms. The van der Waals surface area contributed by atoms with Crippen LogP contribution in [0.3, 0.4) is 0 Å². The number of esters is 2. The number of allylic oxidation sites excluding steroid dienone is 1. The van der Waals surface area contributed by atoms with Crippen molar-refractivity contribution in [2.75, 3.05) is 0 Å². The van der Waals surface area contributed by atoms with Crippen LogP contribution in [0.1, 0.15) is 47.0 Å². The summed E-state index contributed by atoms with van der Waals surface area (Å²) < 4.78 is 15.7. The first-order valence-corrected chi connectivity index (χ1v) is 7.63. The molecule has 0 N–H and O–H groups in total. The molecule has 0 aromatic heterocycles. The first kappa shape index (κ1) is 15.9. The first-order valence-electron chi connectivity index (χ1n) is 7.63. The SMILES string of the molecule is CC1=CC(=O)O[C@@H](C(=O)OC2CC(C)CCC2C(C)C)O1. The molecule has 0 spiro atoms. The van der Waals surface area contributed by atoms with Crippen LogP contribution >= 0.6 is 0 Å². The van der Waals surface area contributed by atoms with E-state index in [4.69, 9.17) is 14.2 Å². The van der Waals surface area contributed by atoms with Gasteiger partial charge in [0.1, 0.15) is 11.9 Å². The van der Waals surface area contributed by atoms with Gasteiger partial charge < -0.3 is 14.2 Å². The standard InChI is InChI=1S/C16H24O5/c1-9(2)12-6-5-10(3)7-13(12)20-15(18)16-19-11(4)8-14(17)21-16/h8-10,12-13,16H,5-7H2,1-4H3/t10?,12?,13?,16-/m0/s1. The zero-order valence-electron chi connectivity index (χ0n) is 13.1. The van der Waals surface area contributed by atoms with Gasteiger partial charge in [-0.05, 0) is 37.5 Å². The van der Waals surface area contributed by atoms with E-state index in [1.54, 1.807) is 6.92 Å². The minimum absolute atomic E-state index is 0.130. The number of rotatable bonds is 3. The van der Waals surface area contributed by atoms with E-state index < -0.39 is 18.2 Å². The normalized spacial score (nSPS) is 33.0. The van der Waals surface area contributed by atoms with Crippen LogP contribution in [0.2, 0.25) is 0 Å². The Labute approximate surface area is 125 Å². The van der Waals surface area contributed by atoms with Crippen molar-refractivity contribution in [2.45, 2.75) is 59.4 Å². The highest BCUT2D eigenvalue weighted by Crippen LogP contribution is 2.35. The summed E-state index contributed by atoms with van der Waals surface area (Å²) in [4.78, 5) is 23.5. The predicted molar refractivity (Wildman–Crippen MR) is 75.9 cm³/mol. The second-order valence-electron chi connectivity index (χ2n) is 6.44. The minimum atomic E-state index is -1.27. The van der Waals surface area contributed by atoms with Gasteiger partial charge in [-0.25, -0.2) is 9.59 Å². The Balaban J connectivity index is 2.00. The van der Waals surface area contributed by atoms with Crippen molar-refractivity contribution in [1.29, 1.82) is 0 Å². The smallest absolute Gasteiger partial charge is 0.389 e. The van der Waals surface area contributed by atoms with Crippen LogP contribution in [-0.4, -0.2) is 24.3 Å². The van der Waals surface area contributed by atoms with Gasteiger partial charge in [0.05, 0.1) is 6.08 Å². The molecule has 0 aromatic rings. The Kier molecular flexibility index (Phi) is 4.91. The third-order valence-electron chi connectivity index (χ3n) is 4.26. The maximum absolute atomic E-state index is 12.2. The maximum Gasteiger partial charge on any atom is 0.389 e. The fraction of sp³-hybridized carbons (Fsp3) is 0.750. The van der Waals surface area contributed by atoms with Crippen LogP contribution in [0.25, 0.3) is 0 Å². The monoisotopic (exact) mass is 296 g/mol. The summed E-state index contributed by atoms with van der Waals surface area (Å²) in [5.74, 6) is 0.520. The van der Waals surface area contributed by atoms with Crippen molar-refractivity contribution >= 4 is 11.9 Å². The molecule has 1 heterocycles. The van der Waals surface area contributed by atoms with Crippen molar-refractivity contribution in [2.24, 2.45) is 17.8 Å². The molecular formula is C16H24O5. The molecule has 0 radical (unpaired) electrons. The lowest BCUT2D eigenvalue weighted by molar-refractivity contribution is -0.203. The van der Waals surface area contributed by atoms with Gasteiger partial charge >= 0.3 is 18.2 Å².